The zero-order valence-electron chi connectivity index (χ0n) is 10.8. The van der Waals surface area contributed by atoms with Gasteiger partial charge in [0.2, 0.25) is 0 Å². The highest BCUT2D eigenvalue weighted by atomic mass is 16.4. The standard InChI is InChI=1S/C13H15N3O4/c1-14-13(20)16-11(12(18)19)4-7-6-15-10-3-2-8(17)5-9(7)10/h2-3,5-6,11,15,17H,4H2,1H3,(H,18,19)(H2,14,16,20). The number of carboxylic acid groups (broad SMARTS) is 1. The van der Waals surface area contributed by atoms with Crippen LogP contribution in [0.15, 0.2) is 24.4 Å². The highest BCUT2D eigenvalue weighted by Crippen LogP contribution is 2.23. The first-order valence-corrected chi connectivity index (χ1v) is 6.01. The van der Waals surface area contributed by atoms with Gasteiger partial charge in [-0.2, -0.15) is 0 Å². The van der Waals surface area contributed by atoms with Crippen LogP contribution in [0.5, 0.6) is 5.75 Å². The van der Waals surface area contributed by atoms with Crippen LogP contribution in [0.1, 0.15) is 5.56 Å². The molecule has 0 fully saturated rings. The molecule has 1 aromatic heterocycles. The number of nitrogens with one attached hydrogen (secondary N) is 3. The van der Waals surface area contributed by atoms with Crippen LogP contribution < -0.4 is 10.6 Å². The number of carbonyl (C=O) groups is 2. The number of amides is 2. The maximum Gasteiger partial charge on any atom is 0.326 e. The third-order valence-corrected chi connectivity index (χ3v) is 3.01. The molecule has 2 amide bonds. The second kappa shape index (κ2) is 5.52. The molecule has 0 saturated heterocycles. The number of rotatable bonds is 4. The highest BCUT2D eigenvalue weighted by molar-refractivity contribution is 5.87. The van der Waals surface area contributed by atoms with E-state index in [1.165, 1.54) is 7.05 Å². The van der Waals surface area contributed by atoms with Crippen molar-refractivity contribution >= 4 is 22.9 Å². The first-order chi connectivity index (χ1) is 9.51. The van der Waals surface area contributed by atoms with Crippen molar-refractivity contribution in [1.82, 2.24) is 15.6 Å². The SMILES string of the molecule is CNC(=O)NC(Cc1c[nH]c2ccc(O)cc12)C(=O)O. The average Bonchev–Trinajstić information content (AvgIpc) is 2.80. The molecule has 20 heavy (non-hydrogen) atoms. The number of hydrogen-bond donors (Lipinski definition) is 5. The van der Waals surface area contributed by atoms with Gasteiger partial charge in [0.25, 0.3) is 0 Å². The molecule has 1 heterocycles. The lowest BCUT2D eigenvalue weighted by atomic mass is 10.0. The lowest BCUT2D eigenvalue weighted by Crippen LogP contribution is -2.46. The van der Waals surface area contributed by atoms with Crippen molar-refractivity contribution in [3.8, 4) is 5.75 Å². The molecule has 1 unspecified atom stereocenters. The first kappa shape index (κ1) is 13.7. The normalized spacial score (nSPS) is 12.1. The minimum Gasteiger partial charge on any atom is -0.508 e. The predicted molar refractivity (Wildman–Crippen MR) is 72.7 cm³/mol. The summed E-state index contributed by atoms with van der Waals surface area (Å²) in [6.07, 6.45) is 1.79. The van der Waals surface area contributed by atoms with Gasteiger partial charge in [0.05, 0.1) is 0 Å². The number of benzene rings is 1. The molecule has 1 atom stereocenters. The molecule has 5 N–H and O–H groups in total. The number of hydrogen-bond acceptors (Lipinski definition) is 3. The number of fused-ring (bicyclic) bond motifs is 1. The van der Waals surface area contributed by atoms with Gasteiger partial charge in [0.1, 0.15) is 11.8 Å². The van der Waals surface area contributed by atoms with Gasteiger partial charge in [-0.3, -0.25) is 0 Å². The van der Waals surface area contributed by atoms with Crippen molar-refractivity contribution in [1.29, 1.82) is 0 Å². The number of aromatic hydroxyl groups is 1. The quantitative estimate of drug-likeness (QED) is 0.568. The molecule has 0 radical (unpaired) electrons. The van der Waals surface area contributed by atoms with Crippen LogP contribution in [0.2, 0.25) is 0 Å². The molecule has 7 nitrogen and oxygen atoms in total. The van der Waals surface area contributed by atoms with Gasteiger partial charge < -0.3 is 25.8 Å². The van der Waals surface area contributed by atoms with Crippen LogP contribution in [0, 0.1) is 0 Å². The molecular formula is C13H15N3O4. The summed E-state index contributed by atoms with van der Waals surface area (Å²) in [6, 6.07) is 3.20. The lowest BCUT2D eigenvalue weighted by molar-refractivity contribution is -0.139. The van der Waals surface area contributed by atoms with Crippen LogP contribution in [0.25, 0.3) is 10.9 Å². The minimum atomic E-state index is -1.12. The van der Waals surface area contributed by atoms with Crippen molar-refractivity contribution in [2.45, 2.75) is 12.5 Å². The van der Waals surface area contributed by atoms with Crippen molar-refractivity contribution in [2.24, 2.45) is 0 Å². The molecule has 0 spiro atoms. The molecule has 0 aliphatic rings. The Morgan fingerprint density at radius 2 is 2.15 bits per heavy atom. The molecule has 0 bridgehead atoms. The van der Waals surface area contributed by atoms with Gasteiger partial charge in [-0.05, 0) is 23.8 Å². The number of aromatic amines is 1. The lowest BCUT2D eigenvalue weighted by Gasteiger charge is -2.13. The Bertz CT molecular complexity index is 650. The van der Waals surface area contributed by atoms with E-state index in [0.29, 0.717) is 5.56 Å². The summed E-state index contributed by atoms with van der Waals surface area (Å²) in [4.78, 5) is 25.4. The van der Waals surface area contributed by atoms with E-state index in [9.17, 15) is 14.7 Å². The Morgan fingerprint density at radius 1 is 1.40 bits per heavy atom. The zero-order valence-corrected chi connectivity index (χ0v) is 10.8. The van der Waals surface area contributed by atoms with E-state index in [1.807, 2.05) is 0 Å². The number of aliphatic carboxylic acids is 1. The number of carboxylic acids is 1. The second-order valence-corrected chi connectivity index (χ2v) is 4.36. The van der Waals surface area contributed by atoms with Gasteiger partial charge in [0, 0.05) is 30.6 Å². The summed E-state index contributed by atoms with van der Waals surface area (Å²) in [5, 5.41) is 24.0. The molecule has 0 saturated carbocycles. The van der Waals surface area contributed by atoms with E-state index in [4.69, 9.17) is 5.11 Å². The van der Waals surface area contributed by atoms with E-state index in [0.717, 1.165) is 10.9 Å². The van der Waals surface area contributed by atoms with Gasteiger partial charge in [-0.25, -0.2) is 9.59 Å². The molecule has 106 valence electrons. The predicted octanol–water partition coefficient (Wildman–Crippen LogP) is 0.798. The Balaban J connectivity index is 2.26. The van der Waals surface area contributed by atoms with Crippen LogP contribution in [-0.2, 0) is 11.2 Å². The fraction of sp³-hybridized carbons (Fsp3) is 0.231. The van der Waals surface area contributed by atoms with Crippen molar-refractivity contribution in [3.63, 3.8) is 0 Å². The molecule has 7 heteroatoms. The fourth-order valence-electron chi connectivity index (χ4n) is 1.99. The van der Waals surface area contributed by atoms with Gasteiger partial charge in [-0.1, -0.05) is 0 Å². The average molecular weight is 277 g/mol. The van der Waals surface area contributed by atoms with E-state index in [2.05, 4.69) is 15.6 Å². The fourth-order valence-corrected chi connectivity index (χ4v) is 1.99. The molecular weight excluding hydrogens is 262 g/mol. The number of phenolic OH excluding ortho intramolecular Hbond substituents is 1. The third kappa shape index (κ3) is 2.82. The summed E-state index contributed by atoms with van der Waals surface area (Å²) < 4.78 is 0. The third-order valence-electron chi connectivity index (χ3n) is 3.01. The van der Waals surface area contributed by atoms with E-state index in [1.54, 1.807) is 24.4 Å². The van der Waals surface area contributed by atoms with Crippen molar-refractivity contribution < 1.29 is 19.8 Å². The summed E-state index contributed by atoms with van der Waals surface area (Å²) in [5.41, 5.74) is 1.50. The topological polar surface area (TPSA) is 114 Å². The minimum absolute atomic E-state index is 0.101. The summed E-state index contributed by atoms with van der Waals surface area (Å²) in [7, 11) is 1.41. The molecule has 0 aliphatic heterocycles. The maximum atomic E-state index is 11.2. The molecule has 1 aromatic carbocycles. The van der Waals surface area contributed by atoms with Gasteiger partial charge >= 0.3 is 12.0 Å². The highest BCUT2D eigenvalue weighted by Gasteiger charge is 2.21. The van der Waals surface area contributed by atoms with E-state index >= 15 is 0 Å². The van der Waals surface area contributed by atoms with Crippen LogP contribution in [0.4, 0.5) is 4.79 Å². The number of H-pyrrole nitrogens is 1. The molecule has 2 aromatic rings. The second-order valence-electron chi connectivity index (χ2n) is 4.36. The Morgan fingerprint density at radius 3 is 2.80 bits per heavy atom. The largest absolute Gasteiger partial charge is 0.508 e. The Kier molecular flexibility index (Phi) is 3.79. The zero-order chi connectivity index (χ0) is 14.7. The smallest absolute Gasteiger partial charge is 0.326 e. The monoisotopic (exact) mass is 277 g/mol. The molecule has 2 rings (SSSR count). The van der Waals surface area contributed by atoms with Gasteiger partial charge in [0.15, 0.2) is 0 Å². The summed E-state index contributed by atoms with van der Waals surface area (Å²) in [5.74, 6) is -1.02. The van der Waals surface area contributed by atoms with Crippen LogP contribution >= 0.6 is 0 Å². The molecule has 0 aliphatic carbocycles. The number of carbonyl (C=O) groups excluding carboxylic acids is 1. The maximum absolute atomic E-state index is 11.2. The summed E-state index contributed by atoms with van der Waals surface area (Å²) in [6.45, 7) is 0. The number of aromatic nitrogens is 1. The van der Waals surface area contributed by atoms with E-state index < -0.39 is 18.0 Å². The number of phenols is 1. The summed E-state index contributed by atoms with van der Waals surface area (Å²) >= 11 is 0. The van der Waals surface area contributed by atoms with Gasteiger partial charge in [-0.15, -0.1) is 0 Å². The van der Waals surface area contributed by atoms with Crippen molar-refractivity contribution in [2.75, 3.05) is 7.05 Å². The Labute approximate surface area is 114 Å². The van der Waals surface area contributed by atoms with Crippen molar-refractivity contribution in [3.05, 3.63) is 30.0 Å². The van der Waals surface area contributed by atoms with Crippen LogP contribution in [-0.4, -0.2) is 40.3 Å². The number of urea groups is 1. The first-order valence-electron chi connectivity index (χ1n) is 6.01. The van der Waals surface area contributed by atoms with Crippen LogP contribution in [0.3, 0.4) is 0 Å². The Hall–Kier alpha value is -2.70. The van der Waals surface area contributed by atoms with E-state index in [-0.39, 0.29) is 12.2 Å².